The summed E-state index contributed by atoms with van der Waals surface area (Å²) in [6.45, 7) is 3.38. The van der Waals surface area contributed by atoms with Crippen LogP contribution in [-0.4, -0.2) is 24.5 Å². The molecule has 0 amide bonds. The minimum atomic E-state index is -0.0553. The number of hydrogen-bond donors (Lipinski definition) is 0. The van der Waals surface area contributed by atoms with E-state index in [0.717, 1.165) is 48.5 Å². The zero-order valence-electron chi connectivity index (χ0n) is 12.5. The molecule has 0 spiro atoms. The van der Waals surface area contributed by atoms with Gasteiger partial charge in [-0.25, -0.2) is 4.68 Å². The maximum absolute atomic E-state index is 12.4. The van der Waals surface area contributed by atoms with Crippen LogP contribution in [0.4, 0.5) is 0 Å². The molecule has 1 aliphatic heterocycles. The maximum atomic E-state index is 12.4. The number of aromatic nitrogens is 5. The second-order valence-electron chi connectivity index (χ2n) is 5.56. The van der Waals surface area contributed by atoms with Gasteiger partial charge in [0.1, 0.15) is 11.5 Å². The van der Waals surface area contributed by atoms with Crippen LogP contribution in [-0.2, 0) is 19.5 Å². The first-order chi connectivity index (χ1) is 10.8. The molecule has 6 heteroatoms. The van der Waals surface area contributed by atoms with Crippen LogP contribution in [0.3, 0.4) is 0 Å². The van der Waals surface area contributed by atoms with Gasteiger partial charge in [0.15, 0.2) is 5.82 Å². The molecule has 22 heavy (non-hydrogen) atoms. The third-order valence-electron chi connectivity index (χ3n) is 4.24. The van der Waals surface area contributed by atoms with E-state index in [4.69, 9.17) is 0 Å². The average molecular weight is 295 g/mol. The second-order valence-corrected chi connectivity index (χ2v) is 5.56. The van der Waals surface area contributed by atoms with Crippen molar-refractivity contribution in [3.05, 3.63) is 40.4 Å². The van der Waals surface area contributed by atoms with Gasteiger partial charge in [-0.2, -0.15) is 5.10 Å². The second kappa shape index (κ2) is 5.05. The molecule has 0 saturated carbocycles. The predicted octanol–water partition coefficient (Wildman–Crippen LogP) is 2.01. The summed E-state index contributed by atoms with van der Waals surface area (Å²) in [5.41, 5.74) is 0.693. The summed E-state index contributed by atoms with van der Waals surface area (Å²) >= 11 is 0. The van der Waals surface area contributed by atoms with Gasteiger partial charge in [-0.15, -0.1) is 10.2 Å². The smallest absolute Gasteiger partial charge is 0.274 e. The number of rotatable bonds is 2. The lowest BCUT2D eigenvalue weighted by Crippen LogP contribution is -2.23. The van der Waals surface area contributed by atoms with Gasteiger partial charge in [0.05, 0.1) is 5.39 Å². The number of fused-ring (bicyclic) bond motifs is 2. The molecular formula is C16H17N5O. The van der Waals surface area contributed by atoms with Crippen molar-refractivity contribution in [1.82, 2.24) is 24.5 Å². The monoisotopic (exact) mass is 295 g/mol. The third kappa shape index (κ3) is 1.87. The summed E-state index contributed by atoms with van der Waals surface area (Å²) in [6, 6.07) is 7.59. The Bertz CT molecular complexity index is 909. The van der Waals surface area contributed by atoms with Gasteiger partial charge in [0, 0.05) is 24.9 Å². The molecule has 0 unspecified atom stereocenters. The molecule has 0 bridgehead atoms. The summed E-state index contributed by atoms with van der Waals surface area (Å²) in [6.07, 6.45) is 3.24. The lowest BCUT2D eigenvalue weighted by atomic mass is 10.1. The van der Waals surface area contributed by atoms with Gasteiger partial charge >= 0.3 is 0 Å². The molecule has 0 radical (unpaired) electrons. The van der Waals surface area contributed by atoms with E-state index >= 15 is 0 Å². The zero-order chi connectivity index (χ0) is 15.1. The minimum absolute atomic E-state index is 0.0553. The molecule has 0 fully saturated rings. The molecule has 1 aliphatic rings. The standard InChI is InChI=1S/C16H17N5O/c1-2-21-16(22)12-8-4-3-7-11(12)14(19-21)15-18-17-13-9-5-6-10-20(13)15/h3-4,7-8H,2,5-6,9-10H2,1H3. The Morgan fingerprint density at radius 2 is 1.95 bits per heavy atom. The molecule has 1 aromatic carbocycles. The van der Waals surface area contributed by atoms with Crippen molar-refractivity contribution in [2.45, 2.75) is 39.3 Å². The van der Waals surface area contributed by atoms with Gasteiger partial charge in [-0.1, -0.05) is 18.2 Å². The highest BCUT2D eigenvalue weighted by atomic mass is 16.1. The van der Waals surface area contributed by atoms with E-state index in [2.05, 4.69) is 19.9 Å². The molecule has 0 atom stereocenters. The van der Waals surface area contributed by atoms with E-state index in [1.807, 2.05) is 31.2 Å². The third-order valence-corrected chi connectivity index (χ3v) is 4.24. The molecule has 0 aliphatic carbocycles. The molecule has 3 heterocycles. The van der Waals surface area contributed by atoms with Crippen LogP contribution in [0.15, 0.2) is 29.1 Å². The predicted molar refractivity (Wildman–Crippen MR) is 83.6 cm³/mol. The summed E-state index contributed by atoms with van der Waals surface area (Å²) in [5.74, 6) is 1.79. The average Bonchev–Trinajstić information content (AvgIpc) is 2.99. The Labute approximate surface area is 127 Å². The largest absolute Gasteiger partial charge is 0.310 e. The quantitative estimate of drug-likeness (QED) is 0.725. The van der Waals surface area contributed by atoms with E-state index in [9.17, 15) is 4.79 Å². The number of benzene rings is 1. The van der Waals surface area contributed by atoms with E-state index in [1.54, 1.807) is 0 Å². The first-order valence-electron chi connectivity index (χ1n) is 7.72. The topological polar surface area (TPSA) is 65.6 Å². The lowest BCUT2D eigenvalue weighted by Gasteiger charge is -2.15. The molecule has 0 saturated heterocycles. The number of nitrogens with zero attached hydrogens (tertiary/aromatic N) is 5. The Hall–Kier alpha value is -2.50. The molecule has 6 nitrogen and oxygen atoms in total. The highest BCUT2D eigenvalue weighted by molar-refractivity contribution is 5.92. The van der Waals surface area contributed by atoms with Gasteiger partial charge in [0.25, 0.3) is 5.56 Å². The van der Waals surface area contributed by atoms with Crippen molar-refractivity contribution in [2.75, 3.05) is 0 Å². The van der Waals surface area contributed by atoms with Crippen LogP contribution in [0, 0.1) is 0 Å². The normalized spacial score (nSPS) is 14.2. The van der Waals surface area contributed by atoms with Crippen molar-refractivity contribution in [2.24, 2.45) is 0 Å². The molecule has 112 valence electrons. The zero-order valence-corrected chi connectivity index (χ0v) is 12.5. The molecule has 4 rings (SSSR count). The summed E-state index contributed by atoms with van der Waals surface area (Å²) < 4.78 is 3.64. The van der Waals surface area contributed by atoms with Crippen LogP contribution in [0.2, 0.25) is 0 Å². The first-order valence-corrected chi connectivity index (χ1v) is 7.72. The highest BCUT2D eigenvalue weighted by Crippen LogP contribution is 2.26. The van der Waals surface area contributed by atoms with Crippen LogP contribution >= 0.6 is 0 Å². The SMILES string of the molecule is CCn1nc(-c2nnc3n2CCCC3)c2ccccc2c1=O. The number of hydrogen-bond acceptors (Lipinski definition) is 4. The fourth-order valence-electron chi connectivity index (χ4n) is 3.10. The molecule has 2 aromatic heterocycles. The Kier molecular flexibility index (Phi) is 3.03. The van der Waals surface area contributed by atoms with E-state index in [-0.39, 0.29) is 5.56 Å². The maximum Gasteiger partial charge on any atom is 0.274 e. The van der Waals surface area contributed by atoms with Crippen molar-refractivity contribution in [3.8, 4) is 11.5 Å². The summed E-state index contributed by atoms with van der Waals surface area (Å²) in [7, 11) is 0. The van der Waals surface area contributed by atoms with Crippen molar-refractivity contribution in [3.63, 3.8) is 0 Å². The molecule has 3 aromatic rings. The van der Waals surface area contributed by atoms with Crippen LogP contribution < -0.4 is 5.56 Å². The van der Waals surface area contributed by atoms with E-state index < -0.39 is 0 Å². The summed E-state index contributed by atoms with van der Waals surface area (Å²) in [5, 5.41) is 14.7. The minimum Gasteiger partial charge on any atom is -0.310 e. The van der Waals surface area contributed by atoms with Crippen molar-refractivity contribution < 1.29 is 0 Å². The van der Waals surface area contributed by atoms with Crippen molar-refractivity contribution >= 4 is 10.8 Å². The van der Waals surface area contributed by atoms with Gasteiger partial charge in [-0.05, 0) is 25.8 Å². The van der Waals surface area contributed by atoms with Crippen molar-refractivity contribution in [1.29, 1.82) is 0 Å². The molecular weight excluding hydrogens is 278 g/mol. The van der Waals surface area contributed by atoms with Crippen LogP contribution in [0.1, 0.15) is 25.6 Å². The Morgan fingerprint density at radius 1 is 1.14 bits per heavy atom. The Morgan fingerprint density at radius 3 is 2.77 bits per heavy atom. The lowest BCUT2D eigenvalue weighted by molar-refractivity contribution is 0.524. The van der Waals surface area contributed by atoms with Gasteiger partial charge in [0.2, 0.25) is 0 Å². The fourth-order valence-corrected chi connectivity index (χ4v) is 3.10. The van der Waals surface area contributed by atoms with Gasteiger partial charge < -0.3 is 4.57 Å². The Balaban J connectivity index is 2.05. The fraction of sp³-hybridized carbons (Fsp3) is 0.375. The van der Waals surface area contributed by atoms with E-state index in [1.165, 1.54) is 4.68 Å². The van der Waals surface area contributed by atoms with Crippen LogP contribution in [0.25, 0.3) is 22.3 Å². The van der Waals surface area contributed by atoms with E-state index in [0.29, 0.717) is 11.9 Å². The van der Waals surface area contributed by atoms with Crippen LogP contribution in [0.5, 0.6) is 0 Å². The molecule has 0 N–H and O–H groups in total. The number of aryl methyl sites for hydroxylation is 2. The van der Waals surface area contributed by atoms with Gasteiger partial charge in [-0.3, -0.25) is 4.79 Å². The first kappa shape index (κ1) is 13.2. The summed E-state index contributed by atoms with van der Waals surface area (Å²) in [4.78, 5) is 12.4. The highest BCUT2D eigenvalue weighted by Gasteiger charge is 2.21.